The molecular weight excluding hydrogens is 231 g/mol. The topological polar surface area (TPSA) is 42.7 Å². The Balaban J connectivity index is 1.80. The van der Waals surface area contributed by atoms with Crippen molar-refractivity contribution in [2.75, 3.05) is 0 Å². The molecule has 1 aliphatic rings. The van der Waals surface area contributed by atoms with E-state index in [2.05, 4.69) is 15.6 Å². The van der Waals surface area contributed by atoms with E-state index < -0.39 is 0 Å². The van der Waals surface area contributed by atoms with Crippen molar-refractivity contribution in [3.63, 3.8) is 0 Å². The molecule has 0 saturated heterocycles. The molecule has 1 heterocycles. The number of benzene rings is 1. The fourth-order valence-electron chi connectivity index (χ4n) is 1.88. The Morgan fingerprint density at radius 1 is 1.44 bits per heavy atom. The molecule has 1 fully saturated rings. The van der Waals surface area contributed by atoms with Gasteiger partial charge in [-0.15, -0.1) is 5.10 Å². The second-order valence-corrected chi connectivity index (χ2v) is 4.69. The first-order chi connectivity index (χ1) is 8.74. The lowest BCUT2D eigenvalue weighted by Gasteiger charge is -2.04. The molecular formula is C13H15FN4. The summed E-state index contributed by atoms with van der Waals surface area (Å²) in [5.74, 6) is -0.222. The Morgan fingerprint density at radius 3 is 3.06 bits per heavy atom. The molecule has 1 aromatic heterocycles. The van der Waals surface area contributed by atoms with Crippen molar-refractivity contribution in [1.29, 1.82) is 0 Å². The normalized spacial score (nSPS) is 15.0. The van der Waals surface area contributed by atoms with Gasteiger partial charge in [-0.25, -0.2) is 9.07 Å². The number of halogens is 1. The lowest BCUT2D eigenvalue weighted by Crippen LogP contribution is -2.15. The Labute approximate surface area is 105 Å². The third-order valence-electron chi connectivity index (χ3n) is 3.18. The number of hydrogen-bond donors (Lipinski definition) is 1. The number of nitrogens with zero attached hydrogens (tertiary/aromatic N) is 3. The maximum absolute atomic E-state index is 13.5. The quantitative estimate of drug-likeness (QED) is 0.896. The molecule has 0 aliphatic heterocycles. The molecule has 0 radical (unpaired) electrons. The lowest BCUT2D eigenvalue weighted by molar-refractivity contribution is 0.614. The second kappa shape index (κ2) is 4.49. The molecule has 1 aliphatic carbocycles. The summed E-state index contributed by atoms with van der Waals surface area (Å²) in [6.45, 7) is 2.47. The highest BCUT2D eigenvalue weighted by atomic mass is 19.1. The van der Waals surface area contributed by atoms with Gasteiger partial charge in [0, 0.05) is 18.2 Å². The van der Waals surface area contributed by atoms with Gasteiger partial charge >= 0.3 is 0 Å². The van der Waals surface area contributed by atoms with Gasteiger partial charge in [-0.3, -0.25) is 0 Å². The summed E-state index contributed by atoms with van der Waals surface area (Å²) in [6, 6.07) is 5.61. The summed E-state index contributed by atoms with van der Waals surface area (Å²) in [6.07, 6.45) is 4.34. The van der Waals surface area contributed by atoms with Crippen molar-refractivity contribution >= 4 is 0 Å². The third kappa shape index (κ3) is 2.26. The Kier molecular flexibility index (Phi) is 2.83. The molecule has 18 heavy (non-hydrogen) atoms. The summed E-state index contributed by atoms with van der Waals surface area (Å²) in [5.41, 5.74) is 2.20. The van der Waals surface area contributed by atoms with Gasteiger partial charge in [-0.1, -0.05) is 11.3 Å². The van der Waals surface area contributed by atoms with Crippen LogP contribution in [0.2, 0.25) is 0 Å². The number of hydrogen-bond acceptors (Lipinski definition) is 3. The molecule has 1 saturated carbocycles. The first kappa shape index (κ1) is 11.3. The fourth-order valence-corrected chi connectivity index (χ4v) is 1.88. The molecule has 0 spiro atoms. The first-order valence-electron chi connectivity index (χ1n) is 6.14. The van der Waals surface area contributed by atoms with E-state index in [-0.39, 0.29) is 5.82 Å². The minimum absolute atomic E-state index is 0.222. The summed E-state index contributed by atoms with van der Waals surface area (Å²) < 4.78 is 15.1. The van der Waals surface area contributed by atoms with Crippen LogP contribution in [0.15, 0.2) is 24.4 Å². The van der Waals surface area contributed by atoms with Crippen LogP contribution in [0.25, 0.3) is 5.69 Å². The van der Waals surface area contributed by atoms with Gasteiger partial charge in [0.1, 0.15) is 5.82 Å². The summed E-state index contributed by atoms with van der Waals surface area (Å²) >= 11 is 0. The lowest BCUT2D eigenvalue weighted by atomic mass is 10.2. The molecule has 94 valence electrons. The van der Waals surface area contributed by atoms with Crippen molar-refractivity contribution in [1.82, 2.24) is 20.3 Å². The van der Waals surface area contributed by atoms with Gasteiger partial charge in [0.2, 0.25) is 0 Å². The largest absolute Gasteiger partial charge is 0.308 e. The molecule has 0 bridgehead atoms. The van der Waals surface area contributed by atoms with E-state index in [0.717, 1.165) is 17.9 Å². The molecule has 1 aromatic carbocycles. The van der Waals surface area contributed by atoms with E-state index in [1.807, 2.05) is 12.3 Å². The van der Waals surface area contributed by atoms with Gasteiger partial charge in [0.25, 0.3) is 0 Å². The Bertz CT molecular complexity index is 560. The SMILES string of the molecule is Cc1c(F)cccc1-n1cc(CNC2CC2)nn1. The van der Waals surface area contributed by atoms with Gasteiger partial charge in [0.15, 0.2) is 0 Å². The number of aromatic nitrogens is 3. The van der Waals surface area contributed by atoms with E-state index >= 15 is 0 Å². The van der Waals surface area contributed by atoms with Crippen molar-refractivity contribution in [2.45, 2.75) is 32.4 Å². The van der Waals surface area contributed by atoms with Crippen LogP contribution in [0.1, 0.15) is 24.1 Å². The van der Waals surface area contributed by atoms with Crippen LogP contribution in [0.4, 0.5) is 4.39 Å². The average Bonchev–Trinajstić information content (AvgIpc) is 3.08. The smallest absolute Gasteiger partial charge is 0.128 e. The monoisotopic (exact) mass is 246 g/mol. The zero-order valence-corrected chi connectivity index (χ0v) is 10.2. The molecule has 0 amide bonds. The van der Waals surface area contributed by atoms with Crippen LogP contribution >= 0.6 is 0 Å². The van der Waals surface area contributed by atoms with Crippen LogP contribution in [0.5, 0.6) is 0 Å². The first-order valence-corrected chi connectivity index (χ1v) is 6.14. The minimum atomic E-state index is -0.222. The van der Waals surface area contributed by atoms with E-state index in [1.54, 1.807) is 17.7 Å². The second-order valence-electron chi connectivity index (χ2n) is 4.69. The Morgan fingerprint density at radius 2 is 2.28 bits per heavy atom. The highest BCUT2D eigenvalue weighted by molar-refractivity contribution is 5.40. The highest BCUT2D eigenvalue weighted by Gasteiger charge is 2.20. The molecule has 0 atom stereocenters. The zero-order chi connectivity index (χ0) is 12.5. The predicted octanol–water partition coefficient (Wildman–Crippen LogP) is 1.97. The maximum Gasteiger partial charge on any atom is 0.128 e. The van der Waals surface area contributed by atoms with Crippen LogP contribution < -0.4 is 5.32 Å². The van der Waals surface area contributed by atoms with Gasteiger partial charge < -0.3 is 5.32 Å². The van der Waals surface area contributed by atoms with Crippen molar-refractivity contribution in [3.05, 3.63) is 41.5 Å². The predicted molar refractivity (Wildman–Crippen MR) is 65.9 cm³/mol. The molecule has 4 nitrogen and oxygen atoms in total. The maximum atomic E-state index is 13.5. The van der Waals surface area contributed by atoms with Crippen LogP contribution in [0.3, 0.4) is 0 Å². The zero-order valence-electron chi connectivity index (χ0n) is 10.2. The third-order valence-corrected chi connectivity index (χ3v) is 3.18. The van der Waals surface area contributed by atoms with E-state index in [0.29, 0.717) is 11.6 Å². The average molecular weight is 246 g/mol. The van der Waals surface area contributed by atoms with Crippen LogP contribution in [-0.2, 0) is 6.54 Å². The van der Waals surface area contributed by atoms with Gasteiger partial charge in [-0.05, 0) is 31.9 Å². The van der Waals surface area contributed by atoms with Crippen LogP contribution in [-0.4, -0.2) is 21.0 Å². The number of rotatable bonds is 4. The van der Waals surface area contributed by atoms with Crippen LogP contribution in [0, 0.1) is 12.7 Å². The van der Waals surface area contributed by atoms with E-state index in [4.69, 9.17) is 0 Å². The summed E-state index contributed by atoms with van der Waals surface area (Å²) in [7, 11) is 0. The molecule has 5 heteroatoms. The standard InChI is InChI=1S/C13H15FN4/c1-9-12(14)3-2-4-13(9)18-8-11(16-17-18)7-15-10-5-6-10/h2-4,8,10,15H,5-7H2,1H3. The highest BCUT2D eigenvalue weighted by Crippen LogP contribution is 2.19. The molecule has 0 unspecified atom stereocenters. The minimum Gasteiger partial charge on any atom is -0.308 e. The summed E-state index contributed by atoms with van der Waals surface area (Å²) in [5, 5.41) is 11.5. The molecule has 1 N–H and O–H groups in total. The van der Waals surface area contributed by atoms with Crippen molar-refractivity contribution in [3.8, 4) is 5.69 Å². The Hall–Kier alpha value is -1.75. The van der Waals surface area contributed by atoms with Crippen molar-refractivity contribution < 1.29 is 4.39 Å². The summed E-state index contributed by atoms with van der Waals surface area (Å²) in [4.78, 5) is 0. The van der Waals surface area contributed by atoms with E-state index in [9.17, 15) is 4.39 Å². The fraction of sp³-hybridized carbons (Fsp3) is 0.385. The van der Waals surface area contributed by atoms with Crippen molar-refractivity contribution in [2.24, 2.45) is 0 Å². The number of nitrogens with one attached hydrogen (secondary N) is 1. The van der Waals surface area contributed by atoms with E-state index in [1.165, 1.54) is 18.9 Å². The van der Waals surface area contributed by atoms with Gasteiger partial charge in [-0.2, -0.15) is 0 Å². The molecule has 2 aromatic rings. The molecule has 3 rings (SSSR count). The van der Waals surface area contributed by atoms with Gasteiger partial charge in [0.05, 0.1) is 17.6 Å².